The van der Waals surface area contributed by atoms with Crippen molar-refractivity contribution in [2.24, 2.45) is 0 Å². The van der Waals surface area contributed by atoms with Gasteiger partial charge in [-0.1, -0.05) is 0 Å². The molecule has 0 radical (unpaired) electrons. The molecule has 0 aliphatic rings. The number of aliphatic hydroxyl groups excluding tert-OH is 1. The number of carbonyl (C=O) groups excluding carboxylic acids is 2. The van der Waals surface area contributed by atoms with E-state index in [1.165, 1.54) is 0 Å². The van der Waals surface area contributed by atoms with Crippen LogP contribution >= 0.6 is 0 Å². The number of carbonyl (C=O) groups is 2. The zero-order chi connectivity index (χ0) is 10.3. The van der Waals surface area contributed by atoms with Crippen LogP contribution in [0.3, 0.4) is 0 Å². The molecule has 0 saturated heterocycles. The predicted octanol–water partition coefficient (Wildman–Crippen LogP) is -1.29. The van der Waals surface area contributed by atoms with Gasteiger partial charge in [-0.2, -0.15) is 0 Å². The Morgan fingerprint density at radius 2 is 1.69 bits per heavy atom. The van der Waals surface area contributed by atoms with Crippen molar-refractivity contribution in [2.45, 2.75) is 6.10 Å². The SMILES string of the molecule is COC(=O)C(OCCO)C(=O)OC. The summed E-state index contributed by atoms with van der Waals surface area (Å²) >= 11 is 0. The molecule has 0 aliphatic heterocycles. The Morgan fingerprint density at radius 3 is 2.00 bits per heavy atom. The molecular formula is C7H12O6. The van der Waals surface area contributed by atoms with E-state index in [9.17, 15) is 9.59 Å². The van der Waals surface area contributed by atoms with Gasteiger partial charge >= 0.3 is 11.9 Å². The fourth-order valence-electron chi connectivity index (χ4n) is 0.617. The fourth-order valence-corrected chi connectivity index (χ4v) is 0.617. The third kappa shape index (κ3) is 3.86. The van der Waals surface area contributed by atoms with Crippen molar-refractivity contribution in [3.05, 3.63) is 0 Å². The molecule has 0 unspecified atom stereocenters. The van der Waals surface area contributed by atoms with Crippen LogP contribution in [0.5, 0.6) is 0 Å². The normalized spacial score (nSPS) is 9.85. The van der Waals surface area contributed by atoms with E-state index >= 15 is 0 Å². The first kappa shape index (κ1) is 11.9. The quantitative estimate of drug-likeness (QED) is 0.431. The molecule has 0 saturated carbocycles. The maximum atomic E-state index is 10.9. The molecule has 0 aromatic rings. The van der Waals surface area contributed by atoms with Gasteiger partial charge in [-0.3, -0.25) is 0 Å². The highest BCUT2D eigenvalue weighted by molar-refractivity contribution is 5.97. The molecule has 0 aromatic carbocycles. The molecule has 0 atom stereocenters. The van der Waals surface area contributed by atoms with E-state index in [-0.39, 0.29) is 13.2 Å². The van der Waals surface area contributed by atoms with Crippen molar-refractivity contribution < 1.29 is 28.9 Å². The molecule has 0 rings (SSSR count). The van der Waals surface area contributed by atoms with Crippen LogP contribution in [0, 0.1) is 0 Å². The van der Waals surface area contributed by atoms with Crippen molar-refractivity contribution in [3.8, 4) is 0 Å². The summed E-state index contributed by atoms with van der Waals surface area (Å²) in [4.78, 5) is 21.8. The van der Waals surface area contributed by atoms with Crippen LogP contribution in [0.25, 0.3) is 0 Å². The second-order valence-corrected chi connectivity index (χ2v) is 2.02. The number of aliphatic hydroxyl groups is 1. The molecule has 0 aliphatic carbocycles. The van der Waals surface area contributed by atoms with Crippen molar-refractivity contribution >= 4 is 11.9 Å². The maximum absolute atomic E-state index is 10.9. The highest BCUT2D eigenvalue weighted by Crippen LogP contribution is 1.97. The highest BCUT2D eigenvalue weighted by Gasteiger charge is 2.29. The number of methoxy groups -OCH3 is 2. The zero-order valence-electron chi connectivity index (χ0n) is 7.48. The average Bonchev–Trinajstić information content (AvgIpc) is 2.17. The van der Waals surface area contributed by atoms with Gasteiger partial charge in [-0.15, -0.1) is 0 Å². The molecule has 76 valence electrons. The monoisotopic (exact) mass is 192 g/mol. The molecule has 6 nitrogen and oxygen atoms in total. The van der Waals surface area contributed by atoms with Crippen LogP contribution in [-0.4, -0.2) is 50.6 Å². The number of esters is 2. The minimum Gasteiger partial charge on any atom is -0.467 e. The summed E-state index contributed by atoms with van der Waals surface area (Å²) in [6.45, 7) is -0.417. The zero-order valence-corrected chi connectivity index (χ0v) is 7.48. The fraction of sp³-hybridized carbons (Fsp3) is 0.714. The lowest BCUT2D eigenvalue weighted by atomic mass is 10.3. The standard InChI is InChI=1S/C7H12O6/c1-11-6(9)5(7(10)12-2)13-4-3-8/h5,8H,3-4H2,1-2H3. The van der Waals surface area contributed by atoms with Crippen molar-refractivity contribution in [1.29, 1.82) is 0 Å². The van der Waals surface area contributed by atoms with Gasteiger partial charge in [0, 0.05) is 0 Å². The lowest BCUT2D eigenvalue weighted by Gasteiger charge is -2.11. The maximum Gasteiger partial charge on any atom is 0.346 e. The van der Waals surface area contributed by atoms with Crippen molar-refractivity contribution in [2.75, 3.05) is 27.4 Å². The highest BCUT2D eigenvalue weighted by atomic mass is 16.6. The topological polar surface area (TPSA) is 82.1 Å². The predicted molar refractivity (Wildman–Crippen MR) is 40.9 cm³/mol. The van der Waals surface area contributed by atoms with Gasteiger partial charge in [-0.25, -0.2) is 9.59 Å². The van der Waals surface area contributed by atoms with Gasteiger partial charge in [-0.05, 0) is 0 Å². The average molecular weight is 192 g/mol. The number of hydrogen-bond donors (Lipinski definition) is 1. The Bertz CT molecular complexity index is 162. The van der Waals surface area contributed by atoms with E-state index in [2.05, 4.69) is 9.47 Å². The molecule has 0 bridgehead atoms. The van der Waals surface area contributed by atoms with E-state index in [0.29, 0.717) is 0 Å². The Hall–Kier alpha value is -1.14. The Kier molecular flexibility index (Phi) is 5.82. The molecule has 13 heavy (non-hydrogen) atoms. The first-order valence-electron chi connectivity index (χ1n) is 3.55. The van der Waals surface area contributed by atoms with Gasteiger partial charge < -0.3 is 19.3 Å². The van der Waals surface area contributed by atoms with Gasteiger partial charge in [0.25, 0.3) is 6.10 Å². The summed E-state index contributed by atoms with van der Waals surface area (Å²) in [5.41, 5.74) is 0. The molecule has 6 heteroatoms. The molecule has 0 aromatic heterocycles. The lowest BCUT2D eigenvalue weighted by Crippen LogP contribution is -2.35. The minimum atomic E-state index is -1.41. The summed E-state index contributed by atoms with van der Waals surface area (Å²) in [5.74, 6) is -1.69. The van der Waals surface area contributed by atoms with Gasteiger partial charge in [0.05, 0.1) is 27.4 Å². The van der Waals surface area contributed by atoms with Gasteiger partial charge in [0.2, 0.25) is 0 Å². The third-order valence-corrected chi connectivity index (χ3v) is 1.21. The van der Waals surface area contributed by atoms with Crippen molar-refractivity contribution in [3.63, 3.8) is 0 Å². The number of ether oxygens (including phenoxy) is 3. The number of hydrogen-bond acceptors (Lipinski definition) is 6. The molecule has 0 fully saturated rings. The Balaban J connectivity index is 4.18. The van der Waals surface area contributed by atoms with Gasteiger partial charge in [0.15, 0.2) is 0 Å². The van der Waals surface area contributed by atoms with Crippen LogP contribution in [-0.2, 0) is 23.8 Å². The van der Waals surface area contributed by atoms with Crippen LogP contribution in [0.1, 0.15) is 0 Å². The minimum absolute atomic E-state index is 0.130. The largest absolute Gasteiger partial charge is 0.467 e. The Morgan fingerprint density at radius 1 is 1.23 bits per heavy atom. The lowest BCUT2D eigenvalue weighted by molar-refractivity contribution is -0.170. The summed E-state index contributed by atoms with van der Waals surface area (Å²) in [7, 11) is 2.25. The molecule has 0 spiro atoms. The van der Waals surface area contributed by atoms with Crippen LogP contribution < -0.4 is 0 Å². The van der Waals surface area contributed by atoms with Crippen LogP contribution in [0.15, 0.2) is 0 Å². The summed E-state index contributed by atoms with van der Waals surface area (Å²) in [6, 6.07) is 0. The van der Waals surface area contributed by atoms with Crippen molar-refractivity contribution in [1.82, 2.24) is 0 Å². The summed E-state index contributed by atoms with van der Waals surface area (Å²) < 4.78 is 13.3. The smallest absolute Gasteiger partial charge is 0.346 e. The molecule has 0 amide bonds. The summed E-state index contributed by atoms with van der Waals surface area (Å²) in [6.07, 6.45) is -1.41. The number of rotatable bonds is 5. The molecular weight excluding hydrogens is 180 g/mol. The van der Waals surface area contributed by atoms with E-state index in [1.807, 2.05) is 0 Å². The van der Waals surface area contributed by atoms with Gasteiger partial charge in [0.1, 0.15) is 0 Å². The van der Waals surface area contributed by atoms with E-state index in [0.717, 1.165) is 14.2 Å². The second kappa shape index (κ2) is 6.38. The molecule has 0 heterocycles. The first-order chi connectivity index (χ1) is 6.17. The Labute approximate surface area is 75.4 Å². The summed E-state index contributed by atoms with van der Waals surface area (Å²) in [5, 5.41) is 8.39. The van der Waals surface area contributed by atoms with E-state index in [1.54, 1.807) is 0 Å². The molecule has 1 N–H and O–H groups in total. The third-order valence-electron chi connectivity index (χ3n) is 1.21. The van der Waals surface area contributed by atoms with Crippen LogP contribution in [0.2, 0.25) is 0 Å². The second-order valence-electron chi connectivity index (χ2n) is 2.02. The first-order valence-corrected chi connectivity index (χ1v) is 3.55. The van der Waals surface area contributed by atoms with E-state index < -0.39 is 18.0 Å². The van der Waals surface area contributed by atoms with Crippen LogP contribution in [0.4, 0.5) is 0 Å². The van der Waals surface area contributed by atoms with E-state index in [4.69, 9.17) is 9.84 Å².